The quantitative estimate of drug-likeness (QED) is 0.526. The third-order valence-electron chi connectivity index (χ3n) is 2.47. The zero-order chi connectivity index (χ0) is 12.1. The van der Waals surface area contributed by atoms with E-state index in [1.807, 2.05) is 0 Å². The van der Waals surface area contributed by atoms with Crippen LogP contribution >= 0.6 is 0 Å². The van der Waals surface area contributed by atoms with Gasteiger partial charge in [0.15, 0.2) is 6.10 Å². The van der Waals surface area contributed by atoms with Crippen molar-refractivity contribution in [1.29, 1.82) is 0 Å². The molecule has 2 unspecified atom stereocenters. The van der Waals surface area contributed by atoms with Crippen molar-refractivity contribution in [2.24, 2.45) is 5.92 Å². The molecule has 16 heavy (non-hydrogen) atoms. The standard InChI is InChI=1S/C12H16O4/c1-4-6-9(7-5-2)10-12(14)15-8(3)11(13)16-10/h4-5,8-10H,1-2,6-7H2,3H3. The maximum absolute atomic E-state index is 11.6. The van der Waals surface area contributed by atoms with E-state index >= 15 is 0 Å². The first-order valence-electron chi connectivity index (χ1n) is 5.23. The van der Waals surface area contributed by atoms with Gasteiger partial charge in [-0.25, -0.2) is 9.59 Å². The predicted molar refractivity (Wildman–Crippen MR) is 58.6 cm³/mol. The molecule has 0 aromatic heterocycles. The van der Waals surface area contributed by atoms with Gasteiger partial charge in [-0.15, -0.1) is 13.2 Å². The van der Waals surface area contributed by atoms with E-state index in [4.69, 9.17) is 9.47 Å². The fourth-order valence-corrected chi connectivity index (χ4v) is 1.62. The van der Waals surface area contributed by atoms with Crippen LogP contribution < -0.4 is 0 Å². The Balaban J connectivity index is 2.75. The van der Waals surface area contributed by atoms with Gasteiger partial charge in [-0.05, 0) is 19.8 Å². The minimum Gasteiger partial charge on any atom is -0.448 e. The summed E-state index contributed by atoms with van der Waals surface area (Å²) in [6.07, 6.45) is 2.89. The minimum atomic E-state index is -0.834. The average molecular weight is 224 g/mol. The molecule has 4 nitrogen and oxygen atoms in total. The number of hydrogen-bond donors (Lipinski definition) is 0. The monoisotopic (exact) mass is 224 g/mol. The van der Waals surface area contributed by atoms with Crippen molar-refractivity contribution in [2.45, 2.75) is 32.0 Å². The molecule has 0 aliphatic carbocycles. The molecular formula is C12H16O4. The Morgan fingerprint density at radius 3 is 2.25 bits per heavy atom. The highest BCUT2D eigenvalue weighted by molar-refractivity contribution is 5.87. The van der Waals surface area contributed by atoms with Gasteiger partial charge >= 0.3 is 11.9 Å². The van der Waals surface area contributed by atoms with Gasteiger partial charge in [0.25, 0.3) is 0 Å². The molecule has 0 amide bonds. The van der Waals surface area contributed by atoms with Gasteiger partial charge in [-0.2, -0.15) is 0 Å². The molecule has 1 rings (SSSR count). The molecule has 0 saturated carbocycles. The van der Waals surface area contributed by atoms with E-state index < -0.39 is 24.1 Å². The topological polar surface area (TPSA) is 52.6 Å². The molecule has 0 spiro atoms. The Morgan fingerprint density at radius 2 is 1.75 bits per heavy atom. The second kappa shape index (κ2) is 5.49. The molecule has 1 fully saturated rings. The third kappa shape index (κ3) is 2.72. The summed E-state index contributed by atoms with van der Waals surface area (Å²) in [5, 5.41) is 0. The minimum absolute atomic E-state index is 0.140. The molecule has 1 aliphatic rings. The summed E-state index contributed by atoms with van der Waals surface area (Å²) in [4.78, 5) is 22.9. The predicted octanol–water partition coefficient (Wildman–Crippen LogP) is 1.61. The van der Waals surface area contributed by atoms with Gasteiger partial charge in [0, 0.05) is 5.92 Å². The lowest BCUT2D eigenvalue weighted by atomic mass is 9.94. The van der Waals surface area contributed by atoms with Crippen molar-refractivity contribution >= 4 is 11.9 Å². The van der Waals surface area contributed by atoms with Crippen LogP contribution in [-0.2, 0) is 19.1 Å². The lowest BCUT2D eigenvalue weighted by molar-refractivity contribution is -0.197. The highest BCUT2D eigenvalue weighted by atomic mass is 16.6. The lowest BCUT2D eigenvalue weighted by Crippen LogP contribution is -2.46. The zero-order valence-corrected chi connectivity index (χ0v) is 9.35. The number of cyclic esters (lactones) is 2. The first-order valence-corrected chi connectivity index (χ1v) is 5.23. The van der Waals surface area contributed by atoms with Crippen LogP contribution in [0.15, 0.2) is 25.3 Å². The van der Waals surface area contributed by atoms with Crippen molar-refractivity contribution in [3.63, 3.8) is 0 Å². The summed E-state index contributed by atoms with van der Waals surface area (Å²) >= 11 is 0. The molecule has 2 atom stereocenters. The van der Waals surface area contributed by atoms with E-state index in [1.54, 1.807) is 12.2 Å². The number of carbonyl (C=O) groups excluding carboxylic acids is 2. The summed E-state index contributed by atoms with van der Waals surface area (Å²) < 4.78 is 9.97. The number of allylic oxidation sites excluding steroid dienone is 2. The molecule has 0 N–H and O–H groups in total. The van der Waals surface area contributed by atoms with E-state index in [0.29, 0.717) is 12.8 Å². The molecule has 88 valence electrons. The van der Waals surface area contributed by atoms with Crippen LogP contribution in [0.5, 0.6) is 0 Å². The van der Waals surface area contributed by atoms with Gasteiger partial charge < -0.3 is 9.47 Å². The smallest absolute Gasteiger partial charge is 0.348 e. The normalized spacial score (nSPS) is 24.9. The number of ether oxygens (including phenoxy) is 2. The first-order chi connectivity index (χ1) is 7.60. The third-order valence-corrected chi connectivity index (χ3v) is 2.47. The van der Waals surface area contributed by atoms with E-state index in [0.717, 1.165) is 0 Å². The van der Waals surface area contributed by atoms with E-state index in [-0.39, 0.29) is 5.92 Å². The summed E-state index contributed by atoms with van der Waals surface area (Å²) in [6, 6.07) is 0. The van der Waals surface area contributed by atoms with E-state index in [9.17, 15) is 9.59 Å². The van der Waals surface area contributed by atoms with Crippen molar-refractivity contribution in [1.82, 2.24) is 0 Å². The Hall–Kier alpha value is -1.58. The molecule has 1 saturated heterocycles. The maximum Gasteiger partial charge on any atom is 0.348 e. The number of esters is 2. The summed E-state index contributed by atoms with van der Waals surface area (Å²) in [5.41, 5.74) is 0. The second-order valence-electron chi connectivity index (χ2n) is 3.75. The Morgan fingerprint density at radius 1 is 1.19 bits per heavy atom. The van der Waals surface area contributed by atoms with Gasteiger partial charge in [0.05, 0.1) is 0 Å². The maximum atomic E-state index is 11.6. The van der Waals surface area contributed by atoms with Crippen molar-refractivity contribution in [3.8, 4) is 0 Å². The van der Waals surface area contributed by atoms with Gasteiger partial charge in [-0.3, -0.25) is 0 Å². The van der Waals surface area contributed by atoms with Crippen LogP contribution in [0.2, 0.25) is 0 Å². The van der Waals surface area contributed by atoms with Crippen molar-refractivity contribution in [2.75, 3.05) is 0 Å². The van der Waals surface area contributed by atoms with Gasteiger partial charge in [0.1, 0.15) is 0 Å². The molecular weight excluding hydrogens is 208 g/mol. The van der Waals surface area contributed by atoms with Gasteiger partial charge in [0.2, 0.25) is 6.10 Å². The van der Waals surface area contributed by atoms with E-state index in [2.05, 4.69) is 13.2 Å². The summed E-state index contributed by atoms with van der Waals surface area (Å²) in [5.74, 6) is -1.12. The highest BCUT2D eigenvalue weighted by Crippen LogP contribution is 2.23. The van der Waals surface area contributed by atoms with E-state index in [1.165, 1.54) is 6.92 Å². The van der Waals surface area contributed by atoms with Gasteiger partial charge in [-0.1, -0.05) is 12.2 Å². The first kappa shape index (κ1) is 12.5. The Labute approximate surface area is 94.9 Å². The lowest BCUT2D eigenvalue weighted by Gasteiger charge is -2.30. The molecule has 0 aromatic rings. The van der Waals surface area contributed by atoms with Crippen molar-refractivity contribution in [3.05, 3.63) is 25.3 Å². The molecule has 0 radical (unpaired) electrons. The number of carbonyl (C=O) groups is 2. The summed E-state index contributed by atoms with van der Waals surface area (Å²) in [7, 11) is 0. The van der Waals surface area contributed by atoms with Crippen LogP contribution in [0, 0.1) is 5.92 Å². The number of hydrogen-bond acceptors (Lipinski definition) is 4. The Kier molecular flexibility index (Phi) is 4.28. The molecule has 1 heterocycles. The number of rotatable bonds is 5. The average Bonchev–Trinajstić information content (AvgIpc) is 2.23. The fourth-order valence-electron chi connectivity index (χ4n) is 1.62. The van der Waals surface area contributed by atoms with Crippen LogP contribution in [0.1, 0.15) is 19.8 Å². The second-order valence-corrected chi connectivity index (χ2v) is 3.75. The van der Waals surface area contributed by atoms with Crippen molar-refractivity contribution < 1.29 is 19.1 Å². The Bertz CT molecular complexity index is 298. The molecule has 4 heteroatoms. The van der Waals surface area contributed by atoms with Crippen LogP contribution in [-0.4, -0.2) is 24.1 Å². The van der Waals surface area contributed by atoms with Crippen LogP contribution in [0.25, 0.3) is 0 Å². The summed E-state index contributed by atoms with van der Waals surface area (Å²) in [6.45, 7) is 8.71. The zero-order valence-electron chi connectivity index (χ0n) is 9.35. The highest BCUT2D eigenvalue weighted by Gasteiger charge is 2.39. The molecule has 0 aromatic carbocycles. The largest absolute Gasteiger partial charge is 0.448 e. The van der Waals surface area contributed by atoms with Crippen LogP contribution in [0.3, 0.4) is 0 Å². The fraction of sp³-hybridized carbons (Fsp3) is 0.500. The molecule has 0 bridgehead atoms. The van der Waals surface area contributed by atoms with Crippen LogP contribution in [0.4, 0.5) is 0 Å². The SMILES string of the molecule is C=CCC(CC=C)C1OC(=O)C(C)OC1=O. The molecule has 1 aliphatic heterocycles.